The third kappa shape index (κ3) is 7.92. The van der Waals surface area contributed by atoms with Gasteiger partial charge in [-0.1, -0.05) is 76.0 Å². The molecule has 0 aliphatic rings. The summed E-state index contributed by atoms with van der Waals surface area (Å²) >= 11 is 12.4. The van der Waals surface area contributed by atoms with Crippen LogP contribution in [0.15, 0.2) is 42.5 Å². The Morgan fingerprint density at radius 3 is 2.21 bits per heavy atom. The highest BCUT2D eigenvalue weighted by Crippen LogP contribution is 2.26. The molecule has 2 atom stereocenters. The molecule has 2 aromatic rings. The van der Waals surface area contributed by atoms with Gasteiger partial charge in [-0.2, -0.15) is 0 Å². The van der Waals surface area contributed by atoms with Crippen molar-refractivity contribution in [1.82, 2.24) is 10.2 Å². The lowest BCUT2D eigenvalue weighted by Gasteiger charge is -2.31. The third-order valence-corrected chi connectivity index (χ3v) is 6.41. The summed E-state index contributed by atoms with van der Waals surface area (Å²) in [5, 5.41) is 3.95. The summed E-state index contributed by atoms with van der Waals surface area (Å²) in [6.07, 6.45) is 1.26. The van der Waals surface area contributed by atoms with Crippen molar-refractivity contribution in [2.24, 2.45) is 0 Å². The van der Waals surface area contributed by atoms with Crippen molar-refractivity contribution in [3.63, 3.8) is 0 Å². The fourth-order valence-electron chi connectivity index (χ4n) is 3.47. The average molecular weight is 508 g/mol. The minimum atomic E-state index is -0.653. The lowest BCUT2D eigenvalue weighted by molar-refractivity contribution is -0.143. The summed E-state index contributed by atoms with van der Waals surface area (Å²) in [5.41, 5.74) is 1.92. The first kappa shape index (κ1) is 28.0. The van der Waals surface area contributed by atoms with Crippen LogP contribution in [0, 0.1) is 0 Å². The van der Waals surface area contributed by atoms with Gasteiger partial charge in [0.05, 0.1) is 0 Å². The first-order valence-corrected chi connectivity index (χ1v) is 12.5. The van der Waals surface area contributed by atoms with Crippen LogP contribution in [0.2, 0.25) is 10.0 Å². The van der Waals surface area contributed by atoms with Gasteiger partial charge in [-0.05, 0) is 60.6 Å². The molecule has 0 unspecified atom stereocenters. The van der Waals surface area contributed by atoms with Crippen LogP contribution in [0.1, 0.15) is 65.5 Å². The number of hydrogen-bond donors (Lipinski definition) is 1. The van der Waals surface area contributed by atoms with E-state index in [0.717, 1.165) is 6.42 Å². The highest BCUT2D eigenvalue weighted by atomic mass is 35.5. The monoisotopic (exact) mass is 506 g/mol. The van der Waals surface area contributed by atoms with E-state index >= 15 is 0 Å². The average Bonchev–Trinajstić information content (AvgIpc) is 2.78. The molecule has 1 N–H and O–H groups in total. The van der Waals surface area contributed by atoms with E-state index in [0.29, 0.717) is 27.8 Å². The van der Waals surface area contributed by atoms with Crippen LogP contribution in [0.5, 0.6) is 5.75 Å². The largest absolute Gasteiger partial charge is 0.484 e. The Labute approximate surface area is 213 Å². The molecule has 186 valence electrons. The first-order chi connectivity index (χ1) is 16.0. The van der Waals surface area contributed by atoms with Gasteiger partial charge >= 0.3 is 0 Å². The zero-order valence-corrected chi connectivity index (χ0v) is 22.5. The molecule has 0 bridgehead atoms. The van der Waals surface area contributed by atoms with Crippen LogP contribution < -0.4 is 10.1 Å². The molecule has 0 spiro atoms. The van der Waals surface area contributed by atoms with Crippen molar-refractivity contribution in [2.75, 3.05) is 6.61 Å². The molecular weight excluding hydrogens is 471 g/mol. The van der Waals surface area contributed by atoms with Crippen molar-refractivity contribution in [3.8, 4) is 5.75 Å². The number of ether oxygens (including phenoxy) is 1. The van der Waals surface area contributed by atoms with Crippen molar-refractivity contribution >= 4 is 35.0 Å². The van der Waals surface area contributed by atoms with Crippen LogP contribution in [0.4, 0.5) is 0 Å². The molecule has 7 heteroatoms. The zero-order valence-electron chi connectivity index (χ0n) is 21.0. The predicted molar refractivity (Wildman–Crippen MR) is 140 cm³/mol. The maximum absolute atomic E-state index is 13.3. The number of benzene rings is 2. The summed E-state index contributed by atoms with van der Waals surface area (Å²) < 4.78 is 5.80. The molecule has 0 radical (unpaired) electrons. The van der Waals surface area contributed by atoms with Crippen molar-refractivity contribution < 1.29 is 14.3 Å². The van der Waals surface area contributed by atoms with Gasteiger partial charge in [0, 0.05) is 22.6 Å². The van der Waals surface area contributed by atoms with Crippen LogP contribution in [-0.4, -0.2) is 35.4 Å². The molecule has 0 aliphatic heterocycles. The Morgan fingerprint density at radius 2 is 1.68 bits per heavy atom. The lowest BCUT2D eigenvalue weighted by Crippen LogP contribution is -2.51. The SMILES string of the molecule is CC[C@@H](C)NC(=O)[C@@H](CC)N(Cc1ccc(Cl)cc1Cl)C(=O)COc1ccc(C(C)(C)C)cc1. The van der Waals surface area contributed by atoms with E-state index in [1.165, 1.54) is 10.5 Å². The molecule has 2 amide bonds. The van der Waals surface area contributed by atoms with E-state index in [2.05, 4.69) is 26.1 Å². The van der Waals surface area contributed by atoms with Gasteiger partial charge in [-0.3, -0.25) is 9.59 Å². The van der Waals surface area contributed by atoms with E-state index in [1.54, 1.807) is 18.2 Å². The smallest absolute Gasteiger partial charge is 0.261 e. The van der Waals surface area contributed by atoms with Crippen molar-refractivity contribution in [2.45, 2.75) is 78.4 Å². The molecule has 0 saturated heterocycles. The Kier molecular flexibility index (Phi) is 10.3. The standard InChI is InChI=1S/C27H36Cl2N2O3/c1-7-18(3)30-26(33)24(8-2)31(16-19-9-12-21(28)15-23(19)29)25(32)17-34-22-13-10-20(11-14-22)27(4,5)6/h9-15,18,24H,7-8,16-17H2,1-6H3,(H,30,33)/t18-,24-/m1/s1. The van der Waals surface area contributed by atoms with E-state index in [9.17, 15) is 9.59 Å². The summed E-state index contributed by atoms with van der Waals surface area (Å²) in [6, 6.07) is 12.2. The normalized spacial score (nSPS) is 13.2. The molecule has 0 aromatic heterocycles. The molecule has 5 nitrogen and oxygen atoms in total. The van der Waals surface area contributed by atoms with E-state index < -0.39 is 6.04 Å². The van der Waals surface area contributed by atoms with Gasteiger partial charge in [0.25, 0.3) is 5.91 Å². The Morgan fingerprint density at radius 1 is 1.03 bits per heavy atom. The minimum Gasteiger partial charge on any atom is -0.484 e. The molecule has 0 saturated carbocycles. The second-order valence-electron chi connectivity index (χ2n) is 9.56. The third-order valence-electron chi connectivity index (χ3n) is 5.83. The van der Waals surface area contributed by atoms with E-state index in [1.807, 2.05) is 45.0 Å². The predicted octanol–water partition coefficient (Wildman–Crippen LogP) is 6.39. The van der Waals surface area contributed by atoms with Gasteiger partial charge in [-0.25, -0.2) is 0 Å². The van der Waals surface area contributed by atoms with Gasteiger partial charge in [0.2, 0.25) is 5.91 Å². The minimum absolute atomic E-state index is 0.00945. The fourth-order valence-corrected chi connectivity index (χ4v) is 3.94. The first-order valence-electron chi connectivity index (χ1n) is 11.7. The maximum atomic E-state index is 13.3. The molecule has 2 aromatic carbocycles. The van der Waals surface area contributed by atoms with Crippen LogP contribution in [-0.2, 0) is 21.5 Å². The molecule has 34 heavy (non-hydrogen) atoms. The highest BCUT2D eigenvalue weighted by molar-refractivity contribution is 6.35. The number of hydrogen-bond acceptors (Lipinski definition) is 3. The van der Waals surface area contributed by atoms with Gasteiger partial charge in [0.1, 0.15) is 11.8 Å². The van der Waals surface area contributed by atoms with E-state index in [-0.39, 0.29) is 36.4 Å². The summed E-state index contributed by atoms with van der Waals surface area (Å²) in [4.78, 5) is 27.9. The van der Waals surface area contributed by atoms with Crippen molar-refractivity contribution in [1.29, 1.82) is 0 Å². The summed E-state index contributed by atoms with van der Waals surface area (Å²) in [6.45, 7) is 12.2. The highest BCUT2D eigenvalue weighted by Gasteiger charge is 2.30. The Bertz CT molecular complexity index is 971. The number of nitrogens with zero attached hydrogens (tertiary/aromatic N) is 1. The molecule has 0 heterocycles. The Hall–Kier alpha value is -2.24. The maximum Gasteiger partial charge on any atom is 0.261 e. The number of rotatable bonds is 10. The Balaban J connectivity index is 2.24. The van der Waals surface area contributed by atoms with Crippen LogP contribution in [0.25, 0.3) is 0 Å². The molecular formula is C27H36Cl2N2O3. The van der Waals surface area contributed by atoms with Gasteiger partial charge < -0.3 is 15.0 Å². The molecule has 0 fully saturated rings. The second-order valence-corrected chi connectivity index (χ2v) is 10.4. The molecule has 0 aliphatic carbocycles. The van der Waals surface area contributed by atoms with Gasteiger partial charge in [-0.15, -0.1) is 0 Å². The topological polar surface area (TPSA) is 58.6 Å². The van der Waals surface area contributed by atoms with Gasteiger partial charge in [0.15, 0.2) is 6.61 Å². The van der Waals surface area contributed by atoms with Crippen molar-refractivity contribution in [3.05, 3.63) is 63.6 Å². The number of carbonyl (C=O) groups is 2. The second kappa shape index (κ2) is 12.5. The number of halogens is 2. The van der Waals surface area contributed by atoms with Crippen LogP contribution >= 0.6 is 23.2 Å². The quantitative estimate of drug-likeness (QED) is 0.405. The van der Waals surface area contributed by atoms with E-state index in [4.69, 9.17) is 27.9 Å². The molecule has 2 rings (SSSR count). The zero-order chi connectivity index (χ0) is 25.5. The number of carbonyl (C=O) groups excluding carboxylic acids is 2. The fraction of sp³-hybridized carbons (Fsp3) is 0.481. The lowest BCUT2D eigenvalue weighted by atomic mass is 9.87. The summed E-state index contributed by atoms with van der Waals surface area (Å²) in [5.74, 6) is 0.116. The summed E-state index contributed by atoms with van der Waals surface area (Å²) in [7, 11) is 0. The van der Waals surface area contributed by atoms with Crippen LogP contribution in [0.3, 0.4) is 0 Å². The number of amides is 2. The number of nitrogens with one attached hydrogen (secondary N) is 1.